The van der Waals surface area contributed by atoms with Gasteiger partial charge in [0.15, 0.2) is 0 Å². The molecule has 0 aromatic heterocycles. The molecule has 3 rings (SSSR count). The zero-order chi connectivity index (χ0) is 17.1. The molecule has 0 amide bonds. The lowest BCUT2D eigenvalue weighted by Crippen LogP contribution is -2.25. The van der Waals surface area contributed by atoms with Crippen LogP contribution in [0.15, 0.2) is 46.9 Å². The van der Waals surface area contributed by atoms with Crippen LogP contribution in [0.3, 0.4) is 0 Å². The Morgan fingerprint density at radius 1 is 1.17 bits per heavy atom. The normalized spacial score (nSPS) is 17.7. The van der Waals surface area contributed by atoms with Gasteiger partial charge in [-0.05, 0) is 60.2 Å². The molecule has 0 aliphatic heterocycles. The third kappa shape index (κ3) is 3.34. The van der Waals surface area contributed by atoms with Gasteiger partial charge < -0.3 is 9.47 Å². The van der Waals surface area contributed by atoms with Crippen LogP contribution in [0.2, 0.25) is 0 Å². The highest BCUT2D eigenvalue weighted by atomic mass is 79.9. The molecule has 1 aliphatic rings. The van der Waals surface area contributed by atoms with Gasteiger partial charge in [-0.3, -0.25) is 4.79 Å². The van der Waals surface area contributed by atoms with Gasteiger partial charge in [-0.2, -0.15) is 0 Å². The summed E-state index contributed by atoms with van der Waals surface area (Å²) in [4.78, 5) is 12.6. The number of aryl methyl sites for hydroxylation is 1. The number of halogens is 1. The zero-order valence-electron chi connectivity index (χ0n) is 13.9. The minimum Gasteiger partial charge on any atom is -0.497 e. The quantitative estimate of drug-likeness (QED) is 0.703. The third-order valence-electron chi connectivity index (χ3n) is 4.80. The molecule has 0 N–H and O–H groups in total. The Balaban J connectivity index is 2.06. The molecule has 2 aromatic carbocycles. The average Bonchev–Trinajstić information content (AvgIpc) is 2.63. The molecule has 0 bridgehead atoms. The van der Waals surface area contributed by atoms with E-state index >= 15 is 0 Å². The van der Waals surface area contributed by atoms with Crippen LogP contribution in [-0.2, 0) is 16.0 Å². The molecule has 4 heteroatoms. The third-order valence-corrected chi connectivity index (χ3v) is 5.33. The number of carbonyl (C=O) groups excluding carboxylic acids is 1. The second-order valence-corrected chi connectivity index (χ2v) is 7.03. The summed E-state index contributed by atoms with van der Waals surface area (Å²) >= 11 is 3.46. The Kier molecular flexibility index (Phi) is 5.24. The van der Waals surface area contributed by atoms with E-state index in [1.807, 2.05) is 30.3 Å². The molecule has 2 atom stereocenters. The van der Waals surface area contributed by atoms with Gasteiger partial charge in [-0.1, -0.05) is 34.1 Å². The fourth-order valence-electron chi connectivity index (χ4n) is 3.62. The number of carbonyl (C=O) groups is 1. The molecule has 0 radical (unpaired) electrons. The van der Waals surface area contributed by atoms with Crippen LogP contribution in [0.5, 0.6) is 5.75 Å². The van der Waals surface area contributed by atoms with Crippen molar-refractivity contribution >= 4 is 21.9 Å². The van der Waals surface area contributed by atoms with Crippen LogP contribution in [0.25, 0.3) is 0 Å². The summed E-state index contributed by atoms with van der Waals surface area (Å²) in [5.74, 6) is 0.463. The molecule has 126 valence electrons. The Hall–Kier alpha value is -1.81. The average molecular weight is 389 g/mol. The smallest absolute Gasteiger partial charge is 0.313 e. The van der Waals surface area contributed by atoms with E-state index in [-0.39, 0.29) is 17.8 Å². The maximum atomic E-state index is 12.6. The van der Waals surface area contributed by atoms with E-state index in [1.54, 1.807) is 7.11 Å². The number of esters is 1. The van der Waals surface area contributed by atoms with E-state index in [4.69, 9.17) is 9.47 Å². The van der Waals surface area contributed by atoms with E-state index < -0.39 is 0 Å². The Bertz CT molecular complexity index is 724. The number of rotatable bonds is 4. The molecule has 0 saturated carbocycles. The maximum absolute atomic E-state index is 12.6. The van der Waals surface area contributed by atoms with Gasteiger partial charge >= 0.3 is 5.97 Å². The zero-order valence-corrected chi connectivity index (χ0v) is 15.5. The summed E-state index contributed by atoms with van der Waals surface area (Å²) < 4.78 is 11.5. The summed E-state index contributed by atoms with van der Waals surface area (Å²) in [5, 5.41) is 0. The molecule has 2 aromatic rings. The number of benzene rings is 2. The fraction of sp³-hybridized carbons (Fsp3) is 0.350. The largest absolute Gasteiger partial charge is 0.497 e. The van der Waals surface area contributed by atoms with Crippen LogP contribution in [0.4, 0.5) is 0 Å². The lowest BCUT2D eigenvalue weighted by molar-refractivity contribution is -0.143. The van der Waals surface area contributed by atoms with Crippen molar-refractivity contribution in [2.24, 2.45) is 0 Å². The first-order valence-electron chi connectivity index (χ1n) is 8.14. The van der Waals surface area contributed by atoms with Crippen molar-refractivity contribution in [3.05, 3.63) is 63.6 Å². The van der Waals surface area contributed by atoms with Crippen molar-refractivity contribution in [1.29, 1.82) is 0 Å². The molecule has 0 saturated heterocycles. The standard InChI is InChI=1S/C20H21BrO3/c1-23-16-11-8-13-4-3-5-17(18(13)12-16)19(20(22)24-2)14-6-9-15(21)10-7-14/h6-12,17,19H,3-5H2,1-2H3/t17?,19-/m0/s1. The Morgan fingerprint density at radius 3 is 2.58 bits per heavy atom. The second kappa shape index (κ2) is 7.39. The summed E-state index contributed by atoms with van der Waals surface area (Å²) in [5.41, 5.74) is 3.50. The molecule has 0 spiro atoms. The minimum atomic E-state index is -0.297. The van der Waals surface area contributed by atoms with E-state index in [1.165, 1.54) is 18.2 Å². The summed E-state index contributed by atoms with van der Waals surface area (Å²) in [6.45, 7) is 0. The van der Waals surface area contributed by atoms with Crippen LogP contribution in [0, 0.1) is 0 Å². The molecule has 3 nitrogen and oxygen atoms in total. The molecule has 1 aliphatic carbocycles. The van der Waals surface area contributed by atoms with Crippen molar-refractivity contribution in [3.8, 4) is 5.75 Å². The van der Waals surface area contributed by atoms with Crippen LogP contribution in [0.1, 0.15) is 41.4 Å². The first kappa shape index (κ1) is 17.0. The summed E-state index contributed by atoms with van der Waals surface area (Å²) in [7, 11) is 3.13. The predicted octanol–water partition coefficient (Wildman–Crippen LogP) is 4.83. The number of ether oxygens (including phenoxy) is 2. The lowest BCUT2D eigenvalue weighted by Gasteiger charge is -2.31. The van der Waals surface area contributed by atoms with Crippen LogP contribution >= 0.6 is 15.9 Å². The molecular formula is C20H21BrO3. The number of hydrogen-bond donors (Lipinski definition) is 0. The summed E-state index contributed by atoms with van der Waals surface area (Å²) in [6.07, 6.45) is 3.09. The number of fused-ring (bicyclic) bond motifs is 1. The Morgan fingerprint density at radius 2 is 1.92 bits per heavy atom. The van der Waals surface area contributed by atoms with Crippen molar-refractivity contribution in [3.63, 3.8) is 0 Å². The van der Waals surface area contributed by atoms with Crippen LogP contribution < -0.4 is 4.74 Å². The van der Waals surface area contributed by atoms with Gasteiger partial charge in [0.2, 0.25) is 0 Å². The first-order valence-corrected chi connectivity index (χ1v) is 8.93. The van der Waals surface area contributed by atoms with Gasteiger partial charge in [0.25, 0.3) is 0 Å². The number of methoxy groups -OCH3 is 2. The molecule has 1 unspecified atom stereocenters. The highest BCUT2D eigenvalue weighted by Crippen LogP contribution is 2.43. The molecule has 24 heavy (non-hydrogen) atoms. The van der Waals surface area contributed by atoms with Crippen molar-refractivity contribution in [2.45, 2.75) is 31.1 Å². The SMILES string of the molecule is COC(=O)[C@@H](c1ccc(Br)cc1)C1CCCc2ccc(OC)cc21. The molecular weight excluding hydrogens is 368 g/mol. The Labute approximate surface area is 151 Å². The minimum absolute atomic E-state index is 0.109. The molecule has 0 fully saturated rings. The topological polar surface area (TPSA) is 35.5 Å². The van der Waals surface area contributed by atoms with Crippen molar-refractivity contribution in [2.75, 3.05) is 14.2 Å². The van der Waals surface area contributed by atoms with E-state index in [0.717, 1.165) is 35.0 Å². The van der Waals surface area contributed by atoms with Gasteiger partial charge in [-0.25, -0.2) is 0 Å². The van der Waals surface area contributed by atoms with E-state index in [2.05, 4.69) is 28.1 Å². The molecule has 0 heterocycles. The highest BCUT2D eigenvalue weighted by molar-refractivity contribution is 9.10. The van der Waals surface area contributed by atoms with Crippen molar-refractivity contribution in [1.82, 2.24) is 0 Å². The van der Waals surface area contributed by atoms with Crippen molar-refractivity contribution < 1.29 is 14.3 Å². The van der Waals surface area contributed by atoms with Gasteiger partial charge in [0.05, 0.1) is 20.1 Å². The van der Waals surface area contributed by atoms with Gasteiger partial charge in [0.1, 0.15) is 5.75 Å². The lowest BCUT2D eigenvalue weighted by atomic mass is 9.73. The van der Waals surface area contributed by atoms with Gasteiger partial charge in [0, 0.05) is 10.4 Å². The van der Waals surface area contributed by atoms with E-state index in [0.29, 0.717) is 0 Å². The van der Waals surface area contributed by atoms with Gasteiger partial charge in [-0.15, -0.1) is 0 Å². The fourth-order valence-corrected chi connectivity index (χ4v) is 3.88. The second-order valence-electron chi connectivity index (χ2n) is 6.12. The maximum Gasteiger partial charge on any atom is 0.313 e. The highest BCUT2D eigenvalue weighted by Gasteiger charge is 2.35. The predicted molar refractivity (Wildman–Crippen MR) is 97.6 cm³/mol. The van der Waals surface area contributed by atoms with Crippen LogP contribution in [-0.4, -0.2) is 20.2 Å². The summed E-state index contributed by atoms with van der Waals surface area (Å²) in [6, 6.07) is 14.1. The monoisotopic (exact) mass is 388 g/mol. The number of hydrogen-bond acceptors (Lipinski definition) is 3. The van der Waals surface area contributed by atoms with E-state index in [9.17, 15) is 4.79 Å². The first-order chi connectivity index (χ1) is 11.6.